The molecule has 320 valence electrons. The van der Waals surface area contributed by atoms with Crippen LogP contribution in [-0.2, 0) is 32.7 Å². The van der Waals surface area contributed by atoms with Gasteiger partial charge in [0.15, 0.2) is 6.10 Å². The van der Waals surface area contributed by atoms with Crippen molar-refractivity contribution in [1.82, 2.24) is 0 Å². The maximum atomic E-state index is 12.6. The zero-order valence-electron chi connectivity index (χ0n) is 35.1. The fraction of sp³-hybridized carbons (Fsp3) is 0.652. The number of hydrogen-bond acceptors (Lipinski definition) is 8. The van der Waals surface area contributed by atoms with Gasteiger partial charge in [0.1, 0.15) is 6.61 Å². The number of nitrogens with two attached hydrogens (primary N) is 1. The van der Waals surface area contributed by atoms with Crippen molar-refractivity contribution in [2.24, 2.45) is 5.73 Å². The van der Waals surface area contributed by atoms with Crippen LogP contribution in [0.25, 0.3) is 0 Å². The molecule has 0 fully saturated rings. The van der Waals surface area contributed by atoms with Gasteiger partial charge in [-0.15, -0.1) is 0 Å². The fourth-order valence-corrected chi connectivity index (χ4v) is 6.11. The Morgan fingerprint density at radius 3 is 1.48 bits per heavy atom. The highest BCUT2D eigenvalue weighted by molar-refractivity contribution is 7.47. The normalized spacial score (nSPS) is 14.1. The maximum Gasteiger partial charge on any atom is 0.472 e. The monoisotopic (exact) mass is 804 g/mol. The molecule has 0 rings (SSSR count). The lowest BCUT2D eigenvalue weighted by atomic mass is 10.1. The lowest BCUT2D eigenvalue weighted by Crippen LogP contribution is -2.29. The van der Waals surface area contributed by atoms with Gasteiger partial charge >= 0.3 is 19.8 Å². The van der Waals surface area contributed by atoms with Crippen molar-refractivity contribution < 1.29 is 37.6 Å². The lowest BCUT2D eigenvalue weighted by Gasteiger charge is -2.19. The summed E-state index contributed by atoms with van der Waals surface area (Å²) in [7, 11) is -4.38. The average molecular weight is 804 g/mol. The molecule has 56 heavy (non-hydrogen) atoms. The minimum atomic E-state index is -4.38. The standard InChI is InChI=1S/C46H78NO8P/c1-3-5-7-9-11-13-15-16-17-18-19-20-21-22-23-24-25-26-27-28-29-31-33-35-37-39-46(49)55-44(43-54-56(50,51)53-41-40-47)42-52-45(48)38-36-34-32-30-14-12-10-8-6-4-2/h5,7-8,10-11,13,16-17,19-20,22-23,25-26,44H,3-4,6,9,12,14-15,18,21,24,27-43,47H2,1-2H3,(H,50,51)/b7-5-,10-8-,13-11-,17-16-,20-19-,23-22-,26-25-. The molecule has 3 N–H and O–H groups in total. The first-order chi connectivity index (χ1) is 27.3. The van der Waals surface area contributed by atoms with Crippen LogP contribution in [0.3, 0.4) is 0 Å². The van der Waals surface area contributed by atoms with E-state index in [-0.39, 0.29) is 32.6 Å². The van der Waals surface area contributed by atoms with Gasteiger partial charge in [0.25, 0.3) is 0 Å². The summed E-state index contributed by atoms with van der Waals surface area (Å²) in [6, 6.07) is 0. The molecular formula is C46H78NO8P. The number of ether oxygens (including phenoxy) is 2. The second kappa shape index (κ2) is 41.8. The van der Waals surface area contributed by atoms with E-state index >= 15 is 0 Å². The molecule has 0 bridgehead atoms. The molecule has 2 unspecified atom stereocenters. The predicted octanol–water partition coefficient (Wildman–Crippen LogP) is 12.4. The molecule has 0 aliphatic heterocycles. The van der Waals surface area contributed by atoms with E-state index in [1.165, 1.54) is 6.42 Å². The van der Waals surface area contributed by atoms with E-state index in [0.29, 0.717) is 12.8 Å². The molecule has 0 radical (unpaired) electrons. The number of rotatable bonds is 39. The number of phosphoric ester groups is 1. The Morgan fingerprint density at radius 2 is 0.982 bits per heavy atom. The Morgan fingerprint density at radius 1 is 0.554 bits per heavy atom. The van der Waals surface area contributed by atoms with Crippen molar-refractivity contribution in [3.8, 4) is 0 Å². The van der Waals surface area contributed by atoms with Crippen LogP contribution < -0.4 is 5.73 Å². The highest BCUT2D eigenvalue weighted by Gasteiger charge is 2.26. The number of hydrogen-bond donors (Lipinski definition) is 2. The van der Waals surface area contributed by atoms with E-state index in [0.717, 1.165) is 116 Å². The molecule has 0 spiro atoms. The molecule has 0 aromatic rings. The van der Waals surface area contributed by atoms with E-state index < -0.39 is 32.5 Å². The molecule has 0 heterocycles. The molecule has 0 amide bonds. The van der Waals surface area contributed by atoms with E-state index in [1.54, 1.807) is 0 Å². The molecule has 0 aromatic heterocycles. The Balaban J connectivity index is 4.15. The van der Waals surface area contributed by atoms with Crippen molar-refractivity contribution in [2.75, 3.05) is 26.4 Å². The van der Waals surface area contributed by atoms with Crippen molar-refractivity contribution in [1.29, 1.82) is 0 Å². The fourth-order valence-electron chi connectivity index (χ4n) is 5.34. The highest BCUT2D eigenvalue weighted by atomic mass is 31.2. The summed E-state index contributed by atoms with van der Waals surface area (Å²) in [6.45, 7) is 3.50. The van der Waals surface area contributed by atoms with Crippen LogP contribution >= 0.6 is 7.82 Å². The highest BCUT2D eigenvalue weighted by Crippen LogP contribution is 2.43. The van der Waals surface area contributed by atoms with Crippen molar-refractivity contribution in [3.05, 3.63) is 85.1 Å². The molecule has 0 aromatic carbocycles. The van der Waals surface area contributed by atoms with Gasteiger partial charge in [-0.2, -0.15) is 0 Å². The minimum absolute atomic E-state index is 0.0451. The van der Waals surface area contributed by atoms with Gasteiger partial charge in [-0.05, 0) is 83.5 Å². The minimum Gasteiger partial charge on any atom is -0.462 e. The second-order valence-electron chi connectivity index (χ2n) is 13.8. The summed E-state index contributed by atoms with van der Waals surface area (Å²) < 4.78 is 32.7. The number of carbonyl (C=O) groups excluding carboxylic acids is 2. The first-order valence-electron chi connectivity index (χ1n) is 21.6. The van der Waals surface area contributed by atoms with Crippen LogP contribution in [0.15, 0.2) is 85.1 Å². The first-order valence-corrected chi connectivity index (χ1v) is 23.1. The van der Waals surface area contributed by atoms with Crippen LogP contribution in [0.2, 0.25) is 0 Å². The first kappa shape index (κ1) is 53.2. The van der Waals surface area contributed by atoms with Crippen molar-refractivity contribution in [3.63, 3.8) is 0 Å². The topological polar surface area (TPSA) is 134 Å². The largest absolute Gasteiger partial charge is 0.472 e. The van der Waals surface area contributed by atoms with Crippen molar-refractivity contribution in [2.45, 2.75) is 168 Å². The Kier molecular flexibility index (Phi) is 39.7. The maximum absolute atomic E-state index is 12.6. The van der Waals surface area contributed by atoms with Crippen LogP contribution in [0, 0.1) is 0 Å². The van der Waals surface area contributed by atoms with Gasteiger partial charge in [0, 0.05) is 19.4 Å². The molecule has 9 nitrogen and oxygen atoms in total. The second-order valence-corrected chi connectivity index (χ2v) is 15.3. The van der Waals surface area contributed by atoms with Crippen LogP contribution in [0.4, 0.5) is 0 Å². The van der Waals surface area contributed by atoms with Gasteiger partial charge in [-0.25, -0.2) is 4.57 Å². The lowest BCUT2D eigenvalue weighted by molar-refractivity contribution is -0.161. The summed E-state index contributed by atoms with van der Waals surface area (Å²) in [5, 5.41) is 0. The Hall–Kier alpha value is -2.81. The van der Waals surface area contributed by atoms with E-state index in [1.807, 2.05) is 0 Å². The van der Waals surface area contributed by atoms with Gasteiger partial charge in [-0.3, -0.25) is 18.6 Å². The third kappa shape index (κ3) is 40.8. The molecule has 10 heteroatoms. The summed E-state index contributed by atoms with van der Waals surface area (Å²) in [6.07, 6.45) is 51.9. The molecule has 0 saturated heterocycles. The van der Waals surface area contributed by atoms with E-state index in [9.17, 15) is 19.0 Å². The Labute approximate surface area is 341 Å². The average Bonchev–Trinajstić information content (AvgIpc) is 3.18. The number of esters is 2. The number of allylic oxidation sites excluding steroid dienone is 14. The summed E-state index contributed by atoms with van der Waals surface area (Å²) in [5.74, 6) is -0.867. The van der Waals surface area contributed by atoms with Gasteiger partial charge in [0.05, 0.1) is 13.2 Å². The van der Waals surface area contributed by atoms with Crippen LogP contribution in [-0.4, -0.2) is 49.3 Å². The smallest absolute Gasteiger partial charge is 0.462 e. The van der Waals surface area contributed by atoms with Gasteiger partial charge < -0.3 is 20.1 Å². The number of phosphoric acid groups is 1. The molecule has 0 saturated carbocycles. The predicted molar refractivity (Wildman–Crippen MR) is 233 cm³/mol. The molecule has 0 aliphatic carbocycles. The van der Waals surface area contributed by atoms with E-state index in [2.05, 4.69) is 98.9 Å². The molecular weight excluding hydrogens is 725 g/mol. The molecule has 2 atom stereocenters. The third-order valence-electron chi connectivity index (χ3n) is 8.50. The van der Waals surface area contributed by atoms with Gasteiger partial charge in [-0.1, -0.05) is 150 Å². The zero-order chi connectivity index (χ0) is 41.1. The summed E-state index contributed by atoms with van der Waals surface area (Å²) in [5.41, 5.74) is 5.34. The third-order valence-corrected chi connectivity index (χ3v) is 9.48. The quantitative estimate of drug-likeness (QED) is 0.0269. The van der Waals surface area contributed by atoms with Crippen LogP contribution in [0.5, 0.6) is 0 Å². The summed E-state index contributed by atoms with van der Waals surface area (Å²) >= 11 is 0. The number of unbranched alkanes of at least 4 members (excludes halogenated alkanes) is 12. The van der Waals surface area contributed by atoms with Gasteiger partial charge in [0.2, 0.25) is 0 Å². The Bertz CT molecular complexity index is 1190. The zero-order valence-corrected chi connectivity index (χ0v) is 36.0. The number of carbonyl (C=O) groups is 2. The van der Waals surface area contributed by atoms with Crippen LogP contribution in [0.1, 0.15) is 162 Å². The summed E-state index contributed by atoms with van der Waals surface area (Å²) in [4.78, 5) is 34.8. The van der Waals surface area contributed by atoms with E-state index in [4.69, 9.17) is 24.3 Å². The SMILES string of the molecule is CC/C=C\C/C=C\C/C=C\C/C=C\C/C=C\C/C=C\CCCCCCCCC(=O)OC(COC(=O)CCCCCCC/C=C\CCC)COP(=O)(O)OCCN. The van der Waals surface area contributed by atoms with Crippen molar-refractivity contribution >= 4 is 19.8 Å². The molecule has 0 aliphatic rings.